The van der Waals surface area contributed by atoms with E-state index in [-0.39, 0.29) is 18.5 Å². The Balaban J connectivity index is 2.33. The molecule has 0 fully saturated rings. The minimum Gasteiger partial charge on any atom is -0.469 e. The van der Waals surface area contributed by atoms with Crippen LogP contribution in [0.15, 0.2) is 11.0 Å². The van der Waals surface area contributed by atoms with Gasteiger partial charge in [0.1, 0.15) is 5.39 Å². The van der Waals surface area contributed by atoms with Crippen LogP contribution in [-0.2, 0) is 23.1 Å². The summed E-state index contributed by atoms with van der Waals surface area (Å²) in [6.07, 6.45) is 1.51. The second-order valence-corrected chi connectivity index (χ2v) is 3.45. The number of rotatable bonds is 3. The summed E-state index contributed by atoms with van der Waals surface area (Å²) in [5, 5.41) is 11.9. The van der Waals surface area contributed by atoms with Crippen molar-refractivity contribution in [2.24, 2.45) is 7.05 Å². The maximum Gasteiger partial charge on any atom is 0.307 e. The molecule has 2 heterocycles. The minimum atomic E-state index is -0.398. The van der Waals surface area contributed by atoms with E-state index in [9.17, 15) is 9.59 Å². The van der Waals surface area contributed by atoms with Gasteiger partial charge in [0, 0.05) is 7.05 Å². The van der Waals surface area contributed by atoms with Gasteiger partial charge < -0.3 is 4.74 Å². The Bertz CT molecular complexity index is 615. The molecular weight excluding hydrogens is 226 g/mol. The van der Waals surface area contributed by atoms with Crippen molar-refractivity contribution in [3.8, 4) is 0 Å². The van der Waals surface area contributed by atoms with Crippen molar-refractivity contribution in [2.45, 2.75) is 13.0 Å². The van der Waals surface area contributed by atoms with Crippen molar-refractivity contribution < 1.29 is 9.53 Å². The fraction of sp³-hybridized carbons (Fsp3) is 0.444. The van der Waals surface area contributed by atoms with Crippen LogP contribution in [0.25, 0.3) is 11.0 Å². The lowest BCUT2D eigenvalue weighted by molar-refractivity contribution is -0.140. The summed E-state index contributed by atoms with van der Waals surface area (Å²) in [6.45, 7) is 0.142. The molecule has 0 aromatic carbocycles. The average molecular weight is 237 g/mol. The number of fused-ring (bicyclic) bond motifs is 1. The second-order valence-electron chi connectivity index (χ2n) is 3.45. The van der Waals surface area contributed by atoms with Gasteiger partial charge in [-0.15, -0.1) is 5.10 Å². The van der Waals surface area contributed by atoms with E-state index in [2.05, 4.69) is 20.1 Å². The number of hydrogen-bond donors (Lipinski definition) is 0. The van der Waals surface area contributed by atoms with Gasteiger partial charge in [0.05, 0.1) is 26.3 Å². The summed E-state index contributed by atoms with van der Waals surface area (Å²) < 4.78 is 7.08. The van der Waals surface area contributed by atoms with Crippen LogP contribution in [0.1, 0.15) is 6.42 Å². The maximum atomic E-state index is 11.9. The number of carbonyl (C=O) groups excluding carboxylic acids is 1. The summed E-state index contributed by atoms with van der Waals surface area (Å²) >= 11 is 0. The molecule has 0 atom stereocenters. The lowest BCUT2D eigenvalue weighted by Crippen LogP contribution is -2.25. The standard InChI is InChI=1S/C9H11N5O3/c1-13-8-6(5-10-13)9(16)14(12-11-8)4-3-7(15)17-2/h5H,3-4H2,1-2H3. The molecule has 0 unspecified atom stereocenters. The Labute approximate surface area is 95.8 Å². The van der Waals surface area contributed by atoms with Gasteiger partial charge in [-0.2, -0.15) is 5.10 Å². The quantitative estimate of drug-likeness (QED) is 0.641. The number of aryl methyl sites for hydroxylation is 2. The third-order valence-electron chi connectivity index (χ3n) is 2.38. The van der Waals surface area contributed by atoms with Crippen LogP contribution in [0.3, 0.4) is 0 Å². The first-order valence-electron chi connectivity index (χ1n) is 4.96. The monoisotopic (exact) mass is 237 g/mol. The van der Waals surface area contributed by atoms with E-state index in [1.165, 1.54) is 18.0 Å². The van der Waals surface area contributed by atoms with Crippen LogP contribution >= 0.6 is 0 Å². The lowest BCUT2D eigenvalue weighted by Gasteiger charge is -2.02. The predicted molar refractivity (Wildman–Crippen MR) is 57.2 cm³/mol. The topological polar surface area (TPSA) is 91.9 Å². The molecule has 0 spiro atoms. The Morgan fingerprint density at radius 3 is 3.00 bits per heavy atom. The summed E-state index contributed by atoms with van der Waals surface area (Å²) in [4.78, 5) is 22.9. The Hall–Kier alpha value is -2.25. The molecule has 0 aliphatic carbocycles. The maximum absolute atomic E-state index is 11.9. The molecule has 0 saturated carbocycles. The third kappa shape index (κ3) is 2.01. The molecule has 2 aromatic heterocycles. The number of methoxy groups -OCH3 is 1. The highest BCUT2D eigenvalue weighted by Gasteiger charge is 2.10. The molecule has 8 nitrogen and oxygen atoms in total. The van der Waals surface area contributed by atoms with Gasteiger partial charge in [0.25, 0.3) is 5.56 Å². The van der Waals surface area contributed by atoms with E-state index in [0.29, 0.717) is 11.0 Å². The molecule has 90 valence electrons. The van der Waals surface area contributed by atoms with Gasteiger partial charge in [-0.3, -0.25) is 9.59 Å². The van der Waals surface area contributed by atoms with Crippen LogP contribution in [0.4, 0.5) is 0 Å². The Kier molecular flexibility index (Phi) is 2.86. The molecular formula is C9H11N5O3. The highest BCUT2D eigenvalue weighted by Crippen LogP contribution is 2.01. The van der Waals surface area contributed by atoms with Gasteiger partial charge in [-0.05, 0) is 0 Å². The third-order valence-corrected chi connectivity index (χ3v) is 2.38. The molecule has 17 heavy (non-hydrogen) atoms. The smallest absolute Gasteiger partial charge is 0.307 e. The zero-order chi connectivity index (χ0) is 12.4. The van der Waals surface area contributed by atoms with E-state index in [1.807, 2.05) is 0 Å². The predicted octanol–water partition coefficient (Wildman–Crippen LogP) is -0.912. The highest BCUT2D eigenvalue weighted by atomic mass is 16.5. The molecule has 0 radical (unpaired) electrons. The Morgan fingerprint density at radius 1 is 1.53 bits per heavy atom. The van der Waals surface area contributed by atoms with E-state index >= 15 is 0 Å². The first kappa shape index (κ1) is 11.2. The summed E-state index contributed by atoms with van der Waals surface area (Å²) in [7, 11) is 2.97. The van der Waals surface area contributed by atoms with Crippen LogP contribution < -0.4 is 5.56 Å². The van der Waals surface area contributed by atoms with Gasteiger partial charge in [-0.1, -0.05) is 5.21 Å². The molecule has 0 bridgehead atoms. The van der Waals surface area contributed by atoms with Crippen LogP contribution in [0.2, 0.25) is 0 Å². The zero-order valence-corrected chi connectivity index (χ0v) is 9.45. The van der Waals surface area contributed by atoms with Gasteiger partial charge >= 0.3 is 5.97 Å². The van der Waals surface area contributed by atoms with E-state index in [0.717, 1.165) is 4.68 Å². The number of nitrogens with zero attached hydrogens (tertiary/aromatic N) is 5. The fourth-order valence-electron chi connectivity index (χ4n) is 1.42. The van der Waals surface area contributed by atoms with E-state index in [1.54, 1.807) is 7.05 Å². The van der Waals surface area contributed by atoms with Gasteiger partial charge in [-0.25, -0.2) is 9.36 Å². The van der Waals surface area contributed by atoms with Crippen molar-refractivity contribution in [1.82, 2.24) is 24.8 Å². The largest absolute Gasteiger partial charge is 0.469 e. The van der Waals surface area contributed by atoms with E-state index in [4.69, 9.17) is 0 Å². The summed E-state index contributed by atoms with van der Waals surface area (Å²) in [6, 6.07) is 0. The second kappa shape index (κ2) is 4.32. The van der Waals surface area contributed by atoms with Crippen molar-refractivity contribution in [1.29, 1.82) is 0 Å². The first-order chi connectivity index (χ1) is 8.13. The molecule has 0 aliphatic heterocycles. The molecule has 0 aliphatic rings. The number of aromatic nitrogens is 5. The lowest BCUT2D eigenvalue weighted by atomic mass is 10.4. The van der Waals surface area contributed by atoms with Crippen molar-refractivity contribution in [2.75, 3.05) is 7.11 Å². The normalized spacial score (nSPS) is 10.7. The SMILES string of the molecule is COC(=O)CCn1nnc2c(cnn2C)c1=O. The first-order valence-corrected chi connectivity index (χ1v) is 4.96. The number of carbonyl (C=O) groups is 1. The molecule has 2 aromatic rings. The summed E-state index contributed by atoms with van der Waals surface area (Å²) in [5.41, 5.74) is 0.108. The van der Waals surface area contributed by atoms with Crippen molar-refractivity contribution in [3.05, 3.63) is 16.6 Å². The van der Waals surface area contributed by atoms with Gasteiger partial charge in [0.2, 0.25) is 0 Å². The van der Waals surface area contributed by atoms with Gasteiger partial charge in [0.15, 0.2) is 5.65 Å². The number of ether oxygens (including phenoxy) is 1. The number of esters is 1. The molecule has 0 amide bonds. The van der Waals surface area contributed by atoms with Crippen molar-refractivity contribution in [3.63, 3.8) is 0 Å². The van der Waals surface area contributed by atoms with Crippen LogP contribution in [0.5, 0.6) is 0 Å². The fourth-order valence-corrected chi connectivity index (χ4v) is 1.42. The average Bonchev–Trinajstić information content (AvgIpc) is 2.71. The Morgan fingerprint density at radius 2 is 2.29 bits per heavy atom. The highest BCUT2D eigenvalue weighted by molar-refractivity contribution is 5.72. The molecule has 0 N–H and O–H groups in total. The van der Waals surface area contributed by atoms with E-state index < -0.39 is 5.97 Å². The van der Waals surface area contributed by atoms with Crippen molar-refractivity contribution >= 4 is 17.0 Å². The zero-order valence-electron chi connectivity index (χ0n) is 9.45. The summed E-state index contributed by atoms with van der Waals surface area (Å²) in [5.74, 6) is -0.398. The molecule has 2 rings (SSSR count). The minimum absolute atomic E-state index is 0.0802. The molecule has 8 heteroatoms. The van der Waals surface area contributed by atoms with Crippen LogP contribution in [0, 0.1) is 0 Å². The van der Waals surface area contributed by atoms with Crippen LogP contribution in [-0.4, -0.2) is 37.9 Å². The molecule has 0 saturated heterocycles. The number of hydrogen-bond acceptors (Lipinski definition) is 6.